The first-order valence-electron chi connectivity index (χ1n) is 7.74. The maximum Gasteiger partial charge on any atom is 0.320 e. The molecule has 2 unspecified atom stereocenters. The van der Waals surface area contributed by atoms with Crippen LogP contribution in [0.4, 0.5) is 4.79 Å². The van der Waals surface area contributed by atoms with Crippen LogP contribution in [0.2, 0.25) is 0 Å². The molecule has 120 valence electrons. The van der Waals surface area contributed by atoms with E-state index in [0.29, 0.717) is 26.2 Å². The minimum atomic E-state index is -0.808. The minimum Gasteiger partial charge on any atom is -0.481 e. The summed E-state index contributed by atoms with van der Waals surface area (Å²) in [5, 5.41) is 18.5. The highest BCUT2D eigenvalue weighted by Crippen LogP contribution is 2.34. The Morgan fingerprint density at radius 2 is 1.81 bits per heavy atom. The van der Waals surface area contributed by atoms with Crippen molar-refractivity contribution in [3.63, 3.8) is 0 Å². The maximum atomic E-state index is 12.5. The largest absolute Gasteiger partial charge is 0.481 e. The number of nitrogens with zero attached hydrogens (tertiary/aromatic N) is 2. The van der Waals surface area contributed by atoms with Gasteiger partial charge in [-0.15, -0.1) is 0 Å². The van der Waals surface area contributed by atoms with Crippen LogP contribution >= 0.6 is 0 Å². The number of aliphatic hydroxyl groups is 1. The standard InChI is InChI=1S/C15H26N2O4/c1-15(2,13(19)20)12-4-3-6-16(9-12)14(21)17-7-5-11(8-17)10-18/h11-12,18H,3-10H2,1-2H3,(H,19,20). The number of amides is 2. The molecule has 2 rings (SSSR count). The zero-order valence-corrected chi connectivity index (χ0v) is 12.9. The van der Waals surface area contributed by atoms with Crippen LogP contribution in [-0.4, -0.2) is 64.8 Å². The topological polar surface area (TPSA) is 81.1 Å². The molecular weight excluding hydrogens is 272 g/mol. The first-order chi connectivity index (χ1) is 9.86. The van der Waals surface area contributed by atoms with E-state index in [-0.39, 0.29) is 24.5 Å². The number of aliphatic carboxylic acids is 1. The van der Waals surface area contributed by atoms with Crippen LogP contribution in [0, 0.1) is 17.3 Å². The highest BCUT2D eigenvalue weighted by molar-refractivity contribution is 5.76. The molecule has 2 heterocycles. The molecule has 0 radical (unpaired) electrons. The zero-order valence-electron chi connectivity index (χ0n) is 12.9. The van der Waals surface area contributed by atoms with Crippen molar-refractivity contribution in [1.29, 1.82) is 0 Å². The predicted molar refractivity (Wildman–Crippen MR) is 77.9 cm³/mol. The molecule has 6 nitrogen and oxygen atoms in total. The summed E-state index contributed by atoms with van der Waals surface area (Å²) in [4.78, 5) is 27.5. The summed E-state index contributed by atoms with van der Waals surface area (Å²) in [7, 11) is 0. The Kier molecular flexibility index (Phi) is 4.76. The van der Waals surface area contributed by atoms with Crippen molar-refractivity contribution in [3.8, 4) is 0 Å². The fraction of sp³-hybridized carbons (Fsp3) is 0.867. The van der Waals surface area contributed by atoms with Crippen LogP contribution < -0.4 is 0 Å². The lowest BCUT2D eigenvalue weighted by molar-refractivity contribution is -0.151. The first kappa shape index (κ1) is 16.1. The van der Waals surface area contributed by atoms with E-state index < -0.39 is 11.4 Å². The van der Waals surface area contributed by atoms with Gasteiger partial charge in [-0.1, -0.05) is 0 Å². The van der Waals surface area contributed by atoms with Gasteiger partial charge in [0, 0.05) is 38.7 Å². The summed E-state index contributed by atoms with van der Waals surface area (Å²) < 4.78 is 0. The molecule has 2 aliphatic heterocycles. The molecule has 2 aliphatic rings. The Balaban J connectivity index is 1.98. The highest BCUT2D eigenvalue weighted by atomic mass is 16.4. The second-order valence-corrected chi connectivity index (χ2v) is 6.88. The Hall–Kier alpha value is -1.30. The molecule has 0 aromatic rings. The molecule has 6 heteroatoms. The van der Waals surface area contributed by atoms with Crippen molar-refractivity contribution in [1.82, 2.24) is 9.80 Å². The van der Waals surface area contributed by atoms with E-state index in [2.05, 4.69) is 0 Å². The quantitative estimate of drug-likeness (QED) is 0.821. The van der Waals surface area contributed by atoms with E-state index in [0.717, 1.165) is 19.3 Å². The van der Waals surface area contributed by atoms with Gasteiger partial charge in [0.1, 0.15) is 0 Å². The van der Waals surface area contributed by atoms with E-state index in [4.69, 9.17) is 5.11 Å². The Bertz CT molecular complexity index is 410. The van der Waals surface area contributed by atoms with Crippen LogP contribution in [0.5, 0.6) is 0 Å². The number of rotatable bonds is 3. The second kappa shape index (κ2) is 6.22. The molecule has 2 saturated heterocycles. The Morgan fingerprint density at radius 1 is 1.14 bits per heavy atom. The maximum absolute atomic E-state index is 12.5. The van der Waals surface area contributed by atoms with Crippen molar-refractivity contribution < 1.29 is 19.8 Å². The summed E-state index contributed by atoms with van der Waals surface area (Å²) in [6.07, 6.45) is 2.55. The fourth-order valence-electron chi connectivity index (χ4n) is 3.27. The molecular formula is C15H26N2O4. The smallest absolute Gasteiger partial charge is 0.320 e. The summed E-state index contributed by atoms with van der Waals surface area (Å²) >= 11 is 0. The number of carboxylic acid groups (broad SMARTS) is 1. The van der Waals surface area contributed by atoms with E-state index in [1.165, 1.54) is 0 Å². The van der Waals surface area contributed by atoms with E-state index >= 15 is 0 Å². The minimum absolute atomic E-state index is 0.00293. The number of carboxylic acids is 1. The summed E-state index contributed by atoms with van der Waals surface area (Å²) in [5.74, 6) is -0.628. The van der Waals surface area contributed by atoms with Crippen LogP contribution in [0.15, 0.2) is 0 Å². The van der Waals surface area contributed by atoms with E-state index in [1.807, 2.05) is 0 Å². The Morgan fingerprint density at radius 3 is 2.38 bits per heavy atom. The van der Waals surface area contributed by atoms with Crippen molar-refractivity contribution in [2.45, 2.75) is 33.1 Å². The monoisotopic (exact) mass is 298 g/mol. The number of urea groups is 1. The van der Waals surface area contributed by atoms with Crippen molar-refractivity contribution >= 4 is 12.0 Å². The molecule has 0 aliphatic carbocycles. The fourth-order valence-corrected chi connectivity index (χ4v) is 3.27. The highest BCUT2D eigenvalue weighted by Gasteiger charge is 2.41. The van der Waals surface area contributed by atoms with Crippen LogP contribution in [-0.2, 0) is 4.79 Å². The van der Waals surface area contributed by atoms with Crippen molar-refractivity contribution in [2.75, 3.05) is 32.8 Å². The van der Waals surface area contributed by atoms with Crippen molar-refractivity contribution in [2.24, 2.45) is 17.3 Å². The number of aliphatic hydroxyl groups excluding tert-OH is 1. The van der Waals surface area contributed by atoms with Gasteiger partial charge in [-0.25, -0.2) is 4.79 Å². The van der Waals surface area contributed by atoms with E-state index in [1.54, 1.807) is 23.6 Å². The average Bonchev–Trinajstić information content (AvgIpc) is 2.95. The Labute approximate surface area is 125 Å². The van der Waals surface area contributed by atoms with Crippen LogP contribution in [0.1, 0.15) is 33.1 Å². The van der Waals surface area contributed by atoms with Crippen molar-refractivity contribution in [3.05, 3.63) is 0 Å². The zero-order chi connectivity index (χ0) is 15.6. The third-order valence-electron chi connectivity index (χ3n) is 5.08. The van der Waals surface area contributed by atoms with Gasteiger partial charge in [0.25, 0.3) is 0 Å². The molecule has 2 amide bonds. The molecule has 0 aromatic heterocycles. The van der Waals surface area contributed by atoms with Crippen LogP contribution in [0.3, 0.4) is 0 Å². The SMILES string of the molecule is CC(C)(C(=O)O)C1CCCN(C(=O)N2CCC(CO)C2)C1. The van der Waals surface area contributed by atoms with Gasteiger partial charge in [-0.3, -0.25) is 4.79 Å². The molecule has 21 heavy (non-hydrogen) atoms. The molecule has 0 spiro atoms. The van der Waals surface area contributed by atoms with Gasteiger partial charge in [-0.2, -0.15) is 0 Å². The molecule has 2 N–H and O–H groups in total. The molecule has 0 saturated carbocycles. The second-order valence-electron chi connectivity index (χ2n) is 6.88. The van der Waals surface area contributed by atoms with Gasteiger partial charge in [0.2, 0.25) is 0 Å². The molecule has 2 atom stereocenters. The number of hydrogen-bond donors (Lipinski definition) is 2. The van der Waals surface area contributed by atoms with Gasteiger partial charge in [-0.05, 0) is 39.0 Å². The summed E-state index contributed by atoms with van der Waals surface area (Å²) in [6.45, 7) is 6.12. The van der Waals surface area contributed by atoms with Crippen LogP contribution in [0.25, 0.3) is 0 Å². The van der Waals surface area contributed by atoms with Gasteiger partial charge in [0.05, 0.1) is 5.41 Å². The normalized spacial score (nSPS) is 27.0. The lowest BCUT2D eigenvalue weighted by Crippen LogP contribution is -2.50. The number of likely N-dealkylation sites (tertiary alicyclic amines) is 2. The molecule has 0 bridgehead atoms. The third kappa shape index (κ3) is 3.31. The number of hydrogen-bond acceptors (Lipinski definition) is 3. The lowest BCUT2D eigenvalue weighted by Gasteiger charge is -2.40. The van der Waals surface area contributed by atoms with E-state index in [9.17, 15) is 14.7 Å². The van der Waals surface area contributed by atoms with Gasteiger partial charge >= 0.3 is 12.0 Å². The molecule has 2 fully saturated rings. The van der Waals surface area contributed by atoms with Gasteiger partial charge in [0.15, 0.2) is 0 Å². The average molecular weight is 298 g/mol. The third-order valence-corrected chi connectivity index (χ3v) is 5.08. The first-order valence-corrected chi connectivity index (χ1v) is 7.74. The summed E-state index contributed by atoms with van der Waals surface area (Å²) in [6, 6.07) is -0.00293. The summed E-state index contributed by atoms with van der Waals surface area (Å²) in [5.41, 5.74) is -0.808. The lowest BCUT2D eigenvalue weighted by atomic mass is 9.74. The number of piperidine rings is 1. The molecule has 0 aromatic carbocycles. The number of carbonyl (C=O) groups excluding carboxylic acids is 1. The number of carbonyl (C=O) groups is 2. The van der Waals surface area contributed by atoms with Gasteiger partial charge < -0.3 is 20.0 Å². The predicted octanol–water partition coefficient (Wildman–Crippen LogP) is 1.24.